The lowest BCUT2D eigenvalue weighted by Crippen LogP contribution is -1.81. The van der Waals surface area contributed by atoms with E-state index in [4.69, 9.17) is 9.40 Å². The van der Waals surface area contributed by atoms with Crippen molar-refractivity contribution >= 4 is 42.6 Å². The number of nitrogens with zero attached hydrogens (tertiary/aromatic N) is 1. The van der Waals surface area contributed by atoms with Crippen LogP contribution in [-0.2, 0) is 0 Å². The first kappa shape index (κ1) is 17.4. The van der Waals surface area contributed by atoms with Gasteiger partial charge in [0.05, 0.1) is 0 Å². The lowest BCUT2D eigenvalue weighted by atomic mass is 10.0. The number of hydrogen-bond donors (Lipinski definition) is 0. The maximum atomic E-state index is 6.11. The van der Waals surface area contributed by atoms with E-state index in [-0.39, 0.29) is 0 Å². The Morgan fingerprint density at radius 1 is 0.700 bits per heavy atom. The molecule has 0 fully saturated rings. The van der Waals surface area contributed by atoms with Crippen molar-refractivity contribution in [2.75, 3.05) is 0 Å². The second-order valence-corrected chi connectivity index (χ2v) is 8.81. The molecule has 2 heterocycles. The summed E-state index contributed by atoms with van der Waals surface area (Å²) in [5, 5.41) is 2.65. The van der Waals surface area contributed by atoms with Crippen molar-refractivity contribution in [3.05, 3.63) is 90.0 Å². The topological polar surface area (TPSA) is 26.0 Å². The normalized spacial score (nSPS) is 11.7. The van der Waals surface area contributed by atoms with Gasteiger partial charge in [0.2, 0.25) is 5.89 Å². The van der Waals surface area contributed by atoms with Crippen LogP contribution in [-0.4, -0.2) is 4.98 Å². The fraction of sp³-hybridized carbons (Fsp3) is 0.0741. The maximum Gasteiger partial charge on any atom is 0.227 e. The highest BCUT2D eigenvalue weighted by atomic mass is 32.1. The molecule has 30 heavy (non-hydrogen) atoms. The van der Waals surface area contributed by atoms with Gasteiger partial charge in [-0.15, -0.1) is 11.3 Å². The minimum Gasteiger partial charge on any atom is -0.436 e. The summed E-state index contributed by atoms with van der Waals surface area (Å²) in [6.45, 7) is 4.13. The number of oxazole rings is 1. The predicted molar refractivity (Wildman–Crippen MR) is 127 cm³/mol. The van der Waals surface area contributed by atoms with Crippen molar-refractivity contribution < 1.29 is 4.42 Å². The third kappa shape index (κ3) is 2.59. The first-order valence-electron chi connectivity index (χ1n) is 10.1. The van der Waals surface area contributed by atoms with Gasteiger partial charge < -0.3 is 4.42 Å². The summed E-state index contributed by atoms with van der Waals surface area (Å²) in [6.07, 6.45) is 0. The molecule has 0 bridgehead atoms. The van der Waals surface area contributed by atoms with Crippen molar-refractivity contribution in [1.82, 2.24) is 4.98 Å². The van der Waals surface area contributed by atoms with Gasteiger partial charge >= 0.3 is 0 Å². The molecule has 0 aliphatic heterocycles. The monoisotopic (exact) mass is 405 g/mol. The lowest BCUT2D eigenvalue weighted by molar-refractivity contribution is 0.617. The van der Waals surface area contributed by atoms with Gasteiger partial charge in [-0.1, -0.05) is 60.7 Å². The number of aromatic nitrogens is 1. The van der Waals surface area contributed by atoms with E-state index in [0.717, 1.165) is 27.8 Å². The second kappa shape index (κ2) is 6.54. The SMILES string of the molecule is Cc1ccc(C)c2oc(-c3ccc(-c4cccc5c4sc4ccccc45)cc3)nc12. The van der Waals surface area contributed by atoms with E-state index >= 15 is 0 Å². The van der Waals surface area contributed by atoms with Crippen LogP contribution in [0.5, 0.6) is 0 Å². The van der Waals surface area contributed by atoms with Crippen LogP contribution in [0.3, 0.4) is 0 Å². The Hall–Kier alpha value is -3.43. The number of aryl methyl sites for hydroxylation is 2. The lowest BCUT2D eigenvalue weighted by Gasteiger charge is -2.04. The molecule has 0 unspecified atom stereocenters. The van der Waals surface area contributed by atoms with Crippen LogP contribution in [0.2, 0.25) is 0 Å². The van der Waals surface area contributed by atoms with Crippen LogP contribution in [0, 0.1) is 13.8 Å². The highest BCUT2D eigenvalue weighted by Crippen LogP contribution is 2.40. The number of benzene rings is 4. The molecule has 4 aromatic carbocycles. The third-order valence-electron chi connectivity index (χ3n) is 5.79. The van der Waals surface area contributed by atoms with Gasteiger partial charge in [-0.25, -0.2) is 4.98 Å². The van der Waals surface area contributed by atoms with Gasteiger partial charge in [0.15, 0.2) is 5.58 Å². The minimum absolute atomic E-state index is 0.675. The van der Waals surface area contributed by atoms with E-state index in [0.29, 0.717) is 5.89 Å². The molecule has 0 N–H and O–H groups in total. The molecule has 0 radical (unpaired) electrons. The molecule has 0 saturated heterocycles. The standard InChI is InChI=1S/C27H19NOS/c1-16-10-11-17(2)25-24(16)28-27(29-25)19-14-12-18(13-15-19)20-7-5-8-22-21-6-3-4-9-23(21)30-26(20)22/h3-15H,1-2H3. The predicted octanol–water partition coefficient (Wildman–Crippen LogP) is 8.15. The molecular weight excluding hydrogens is 386 g/mol. The van der Waals surface area contributed by atoms with E-state index in [1.165, 1.54) is 31.3 Å². The summed E-state index contributed by atoms with van der Waals surface area (Å²) in [4.78, 5) is 4.76. The van der Waals surface area contributed by atoms with Gasteiger partial charge in [0, 0.05) is 25.7 Å². The van der Waals surface area contributed by atoms with Gasteiger partial charge in [-0.3, -0.25) is 0 Å². The summed E-state index contributed by atoms with van der Waals surface area (Å²) in [7, 11) is 0. The van der Waals surface area contributed by atoms with E-state index in [9.17, 15) is 0 Å². The summed E-state index contributed by atoms with van der Waals surface area (Å²) in [5.41, 5.74) is 7.55. The Morgan fingerprint density at radius 2 is 1.43 bits per heavy atom. The van der Waals surface area contributed by atoms with Crippen molar-refractivity contribution in [3.63, 3.8) is 0 Å². The van der Waals surface area contributed by atoms with Crippen molar-refractivity contribution in [3.8, 4) is 22.6 Å². The molecule has 6 rings (SSSR count). The van der Waals surface area contributed by atoms with E-state index in [1.807, 2.05) is 11.3 Å². The summed E-state index contributed by atoms with van der Waals surface area (Å²) in [6, 6.07) is 27.9. The zero-order valence-corrected chi connectivity index (χ0v) is 17.6. The number of hydrogen-bond acceptors (Lipinski definition) is 3. The second-order valence-electron chi connectivity index (χ2n) is 7.75. The third-order valence-corrected chi connectivity index (χ3v) is 7.01. The fourth-order valence-corrected chi connectivity index (χ4v) is 5.39. The summed E-state index contributed by atoms with van der Waals surface area (Å²) in [5.74, 6) is 0.675. The molecule has 144 valence electrons. The molecule has 3 heteroatoms. The van der Waals surface area contributed by atoms with Crippen molar-refractivity contribution in [2.45, 2.75) is 13.8 Å². The highest BCUT2D eigenvalue weighted by Gasteiger charge is 2.13. The van der Waals surface area contributed by atoms with Gasteiger partial charge in [-0.2, -0.15) is 0 Å². The van der Waals surface area contributed by atoms with Gasteiger partial charge in [0.25, 0.3) is 0 Å². The van der Waals surface area contributed by atoms with Crippen LogP contribution in [0.4, 0.5) is 0 Å². The smallest absolute Gasteiger partial charge is 0.227 e. The van der Waals surface area contributed by atoms with Gasteiger partial charge in [-0.05, 0) is 54.3 Å². The highest BCUT2D eigenvalue weighted by molar-refractivity contribution is 7.26. The van der Waals surface area contributed by atoms with Crippen LogP contribution in [0.1, 0.15) is 11.1 Å². The molecule has 2 aromatic heterocycles. The summed E-state index contributed by atoms with van der Waals surface area (Å²) < 4.78 is 8.77. The molecule has 2 nitrogen and oxygen atoms in total. The first-order chi connectivity index (χ1) is 14.7. The average molecular weight is 406 g/mol. The zero-order chi connectivity index (χ0) is 20.2. The van der Waals surface area contributed by atoms with E-state index < -0.39 is 0 Å². The Labute approximate surface area is 178 Å². The van der Waals surface area contributed by atoms with Gasteiger partial charge in [0.1, 0.15) is 5.52 Å². The molecule has 0 aliphatic rings. The number of rotatable bonds is 2. The van der Waals surface area contributed by atoms with E-state index in [1.54, 1.807) is 0 Å². The Morgan fingerprint density at radius 3 is 2.27 bits per heavy atom. The van der Waals surface area contributed by atoms with E-state index in [2.05, 4.69) is 92.7 Å². The molecular formula is C27H19NOS. The van der Waals surface area contributed by atoms with Crippen LogP contribution in [0.25, 0.3) is 53.9 Å². The average Bonchev–Trinajstić information content (AvgIpc) is 3.39. The summed E-state index contributed by atoms with van der Waals surface area (Å²) >= 11 is 1.86. The van der Waals surface area contributed by atoms with Crippen LogP contribution < -0.4 is 0 Å². The molecule has 0 spiro atoms. The fourth-order valence-electron chi connectivity index (χ4n) is 4.15. The molecule has 6 aromatic rings. The Balaban J connectivity index is 1.46. The Kier molecular flexibility index (Phi) is 3.80. The minimum atomic E-state index is 0.675. The molecule has 0 amide bonds. The number of fused-ring (bicyclic) bond motifs is 4. The molecule has 0 saturated carbocycles. The zero-order valence-electron chi connectivity index (χ0n) is 16.8. The first-order valence-corrected chi connectivity index (χ1v) is 10.9. The van der Waals surface area contributed by atoms with Crippen LogP contribution >= 0.6 is 11.3 Å². The quantitative estimate of drug-likeness (QED) is 0.290. The number of thiophene rings is 1. The Bertz CT molecular complexity index is 1510. The van der Waals surface area contributed by atoms with Crippen molar-refractivity contribution in [1.29, 1.82) is 0 Å². The van der Waals surface area contributed by atoms with Crippen LogP contribution in [0.15, 0.2) is 83.3 Å². The molecule has 0 atom stereocenters. The maximum absolute atomic E-state index is 6.11. The molecule has 0 aliphatic carbocycles. The largest absolute Gasteiger partial charge is 0.436 e. The van der Waals surface area contributed by atoms with Crippen molar-refractivity contribution in [2.24, 2.45) is 0 Å².